The molecule has 3 nitrogen and oxygen atoms in total. The molecule has 0 fully saturated rings. The molecule has 0 aliphatic carbocycles. The zero-order valence-corrected chi connectivity index (χ0v) is 15.3. The highest BCUT2D eigenvalue weighted by Crippen LogP contribution is 2.17. The van der Waals surface area contributed by atoms with E-state index < -0.39 is 0 Å². The lowest BCUT2D eigenvalue weighted by Gasteiger charge is -2.18. The third-order valence-electron chi connectivity index (χ3n) is 4.60. The summed E-state index contributed by atoms with van der Waals surface area (Å²) in [4.78, 5) is 12.4. The number of rotatable bonds is 7. The van der Waals surface area contributed by atoms with E-state index >= 15 is 0 Å². The molecule has 3 rings (SSSR count). The Labute approximate surface area is 159 Å². The molecule has 0 unspecified atom stereocenters. The van der Waals surface area contributed by atoms with Crippen molar-refractivity contribution in [2.45, 2.75) is 19.0 Å². The van der Waals surface area contributed by atoms with Crippen LogP contribution in [-0.2, 0) is 4.79 Å². The number of amides is 1. The molecule has 0 bridgehead atoms. The van der Waals surface area contributed by atoms with E-state index in [1.165, 1.54) is 12.1 Å². The first-order chi connectivity index (χ1) is 13.1. The number of nitrogens with two attached hydrogens (primary N) is 1. The normalized spacial score (nSPS) is 12.0. The van der Waals surface area contributed by atoms with Crippen molar-refractivity contribution in [1.82, 2.24) is 5.32 Å². The molecule has 0 saturated heterocycles. The van der Waals surface area contributed by atoms with Crippen molar-refractivity contribution in [1.29, 1.82) is 0 Å². The van der Waals surface area contributed by atoms with Crippen LogP contribution in [-0.4, -0.2) is 12.5 Å². The quantitative estimate of drug-likeness (QED) is 0.664. The molecule has 0 saturated carbocycles. The van der Waals surface area contributed by atoms with E-state index in [1.807, 2.05) is 48.6 Å². The number of nitrogens with one attached hydrogen (secondary N) is 1. The lowest BCUT2D eigenvalue weighted by Crippen LogP contribution is -2.87. The van der Waals surface area contributed by atoms with Gasteiger partial charge in [0.15, 0.2) is 6.54 Å². The van der Waals surface area contributed by atoms with Crippen LogP contribution >= 0.6 is 0 Å². The Hall–Kier alpha value is -2.98. The van der Waals surface area contributed by atoms with Crippen LogP contribution in [0.3, 0.4) is 0 Å². The predicted octanol–water partition coefficient (Wildman–Crippen LogP) is 3.36. The summed E-state index contributed by atoms with van der Waals surface area (Å²) in [7, 11) is 0. The minimum Gasteiger partial charge on any atom is -0.345 e. The minimum atomic E-state index is -0.279. The van der Waals surface area contributed by atoms with Crippen LogP contribution in [0.2, 0.25) is 0 Å². The predicted molar refractivity (Wildman–Crippen MR) is 104 cm³/mol. The van der Waals surface area contributed by atoms with Gasteiger partial charge in [-0.1, -0.05) is 72.8 Å². The van der Waals surface area contributed by atoms with Gasteiger partial charge in [0.05, 0.1) is 6.04 Å². The number of halogens is 1. The summed E-state index contributed by atoms with van der Waals surface area (Å²) in [5.74, 6) is -0.331. The lowest BCUT2D eigenvalue weighted by atomic mass is 9.99. The number of quaternary nitrogens is 1. The van der Waals surface area contributed by atoms with Crippen LogP contribution in [0.25, 0.3) is 0 Å². The summed E-state index contributed by atoms with van der Waals surface area (Å²) in [5.41, 5.74) is 3.19. The molecule has 1 atom stereocenters. The molecular weight excluding hydrogens is 339 g/mol. The fourth-order valence-electron chi connectivity index (χ4n) is 3.15. The van der Waals surface area contributed by atoms with Gasteiger partial charge < -0.3 is 10.6 Å². The van der Waals surface area contributed by atoms with E-state index in [1.54, 1.807) is 12.1 Å². The molecule has 0 radical (unpaired) electrons. The molecule has 27 heavy (non-hydrogen) atoms. The van der Waals surface area contributed by atoms with Gasteiger partial charge >= 0.3 is 0 Å². The van der Waals surface area contributed by atoms with Crippen molar-refractivity contribution < 1.29 is 14.5 Å². The maximum atomic E-state index is 13.1. The van der Waals surface area contributed by atoms with Crippen molar-refractivity contribution in [2.75, 3.05) is 6.54 Å². The van der Waals surface area contributed by atoms with E-state index in [4.69, 9.17) is 0 Å². The standard InChI is InChI=1S/C23H23FN2O/c1-17(18-12-14-21(24)15-13-18)26-22(27)16-25-23(19-8-4-2-5-9-19)20-10-6-3-7-11-20/h2-15,17,23,25H,16H2,1H3,(H,26,27)/p+1/t17-/m0/s1. The van der Waals surface area contributed by atoms with Gasteiger partial charge in [0, 0.05) is 11.1 Å². The second-order valence-electron chi connectivity index (χ2n) is 6.58. The van der Waals surface area contributed by atoms with Gasteiger partial charge in [0.25, 0.3) is 5.91 Å². The third-order valence-corrected chi connectivity index (χ3v) is 4.60. The van der Waals surface area contributed by atoms with Gasteiger partial charge in [0.1, 0.15) is 11.9 Å². The first-order valence-corrected chi connectivity index (χ1v) is 9.11. The van der Waals surface area contributed by atoms with Gasteiger partial charge in [-0.25, -0.2) is 4.39 Å². The number of carbonyl (C=O) groups is 1. The molecule has 0 aliphatic rings. The molecular formula is C23H24FN2O+. The molecule has 3 aromatic rings. The molecule has 138 valence electrons. The van der Waals surface area contributed by atoms with Crippen LogP contribution in [0.5, 0.6) is 0 Å². The Morgan fingerprint density at radius 3 is 1.89 bits per heavy atom. The maximum Gasteiger partial charge on any atom is 0.275 e. The van der Waals surface area contributed by atoms with Crippen LogP contribution in [0.1, 0.15) is 35.7 Å². The van der Waals surface area contributed by atoms with Crippen molar-refractivity contribution in [2.24, 2.45) is 0 Å². The second-order valence-corrected chi connectivity index (χ2v) is 6.58. The minimum absolute atomic E-state index is 0.0521. The number of carbonyl (C=O) groups excluding carboxylic acids is 1. The molecule has 3 aromatic carbocycles. The molecule has 0 heterocycles. The topological polar surface area (TPSA) is 45.7 Å². The van der Waals surface area contributed by atoms with E-state index in [-0.39, 0.29) is 23.8 Å². The van der Waals surface area contributed by atoms with Crippen LogP contribution < -0.4 is 10.6 Å². The van der Waals surface area contributed by atoms with Gasteiger partial charge in [-0.2, -0.15) is 0 Å². The van der Waals surface area contributed by atoms with Crippen LogP contribution in [0.4, 0.5) is 4.39 Å². The molecule has 4 heteroatoms. The number of hydrogen-bond donors (Lipinski definition) is 2. The first-order valence-electron chi connectivity index (χ1n) is 9.11. The SMILES string of the molecule is C[C@H](NC(=O)C[NH2+]C(c1ccccc1)c1ccccc1)c1ccc(F)cc1. The highest BCUT2D eigenvalue weighted by molar-refractivity contribution is 5.77. The summed E-state index contributed by atoms with van der Waals surface area (Å²) < 4.78 is 13.1. The summed E-state index contributed by atoms with van der Waals surface area (Å²) >= 11 is 0. The zero-order chi connectivity index (χ0) is 19.1. The van der Waals surface area contributed by atoms with Crippen LogP contribution in [0, 0.1) is 5.82 Å². The van der Waals surface area contributed by atoms with Gasteiger partial charge in [-0.05, 0) is 24.6 Å². The highest BCUT2D eigenvalue weighted by atomic mass is 19.1. The van der Waals surface area contributed by atoms with E-state index in [0.717, 1.165) is 16.7 Å². The summed E-state index contributed by atoms with van der Waals surface area (Å²) in [6.07, 6.45) is 0. The molecule has 0 aliphatic heterocycles. The Morgan fingerprint density at radius 2 is 1.37 bits per heavy atom. The van der Waals surface area contributed by atoms with Crippen LogP contribution in [0.15, 0.2) is 84.9 Å². The number of benzene rings is 3. The van der Waals surface area contributed by atoms with Crippen molar-refractivity contribution in [3.8, 4) is 0 Å². The Morgan fingerprint density at radius 1 is 0.852 bits per heavy atom. The average Bonchev–Trinajstić information content (AvgIpc) is 2.70. The van der Waals surface area contributed by atoms with Gasteiger partial charge in [0.2, 0.25) is 0 Å². The molecule has 0 aromatic heterocycles. The Kier molecular flexibility index (Phi) is 6.34. The Bertz CT molecular complexity index is 811. The molecule has 1 amide bonds. The van der Waals surface area contributed by atoms with E-state index in [2.05, 4.69) is 29.6 Å². The zero-order valence-electron chi connectivity index (χ0n) is 15.3. The number of hydrogen-bond acceptors (Lipinski definition) is 1. The second kappa shape index (κ2) is 9.10. The fraction of sp³-hybridized carbons (Fsp3) is 0.174. The van der Waals surface area contributed by atoms with Gasteiger partial charge in [-0.15, -0.1) is 0 Å². The van der Waals surface area contributed by atoms with E-state index in [0.29, 0.717) is 6.54 Å². The monoisotopic (exact) mass is 363 g/mol. The Balaban J connectivity index is 1.64. The summed E-state index contributed by atoms with van der Waals surface area (Å²) in [6.45, 7) is 2.21. The molecule has 3 N–H and O–H groups in total. The fourth-order valence-corrected chi connectivity index (χ4v) is 3.15. The molecule has 0 spiro atoms. The van der Waals surface area contributed by atoms with Gasteiger partial charge in [-0.3, -0.25) is 4.79 Å². The summed E-state index contributed by atoms with van der Waals surface area (Å²) in [6, 6.07) is 26.4. The largest absolute Gasteiger partial charge is 0.345 e. The lowest BCUT2D eigenvalue weighted by molar-refractivity contribution is -0.676. The van der Waals surface area contributed by atoms with Crippen molar-refractivity contribution >= 4 is 5.91 Å². The summed E-state index contributed by atoms with van der Waals surface area (Å²) in [5, 5.41) is 5.02. The first kappa shape index (κ1) is 18.8. The van der Waals surface area contributed by atoms with Crippen molar-refractivity contribution in [3.05, 3.63) is 107 Å². The third kappa shape index (κ3) is 5.25. The maximum absolute atomic E-state index is 13.1. The average molecular weight is 363 g/mol. The van der Waals surface area contributed by atoms with Crippen molar-refractivity contribution in [3.63, 3.8) is 0 Å². The van der Waals surface area contributed by atoms with E-state index in [9.17, 15) is 9.18 Å². The highest BCUT2D eigenvalue weighted by Gasteiger charge is 2.19. The smallest absolute Gasteiger partial charge is 0.275 e.